The van der Waals surface area contributed by atoms with Gasteiger partial charge in [-0.2, -0.15) is 0 Å². The van der Waals surface area contributed by atoms with Gasteiger partial charge in [0.2, 0.25) is 0 Å². The molecule has 3 unspecified atom stereocenters. The van der Waals surface area contributed by atoms with Crippen molar-refractivity contribution in [3.05, 3.63) is 23.5 Å². The molecule has 0 aromatic carbocycles. The normalized spacial score (nSPS) is 47.0. The summed E-state index contributed by atoms with van der Waals surface area (Å²) in [5, 5.41) is 0. The van der Waals surface area contributed by atoms with Crippen LogP contribution in [0.3, 0.4) is 0 Å². The Hall–Kier alpha value is -1.05. The van der Waals surface area contributed by atoms with Gasteiger partial charge in [0.1, 0.15) is 5.78 Å². The summed E-state index contributed by atoms with van der Waals surface area (Å²) in [6.07, 6.45) is 13.3. The van der Waals surface area contributed by atoms with E-state index in [2.05, 4.69) is 26.0 Å². The van der Waals surface area contributed by atoms with Gasteiger partial charge in [0.05, 0.1) is 12.9 Å². The predicted octanol–water partition coefficient (Wildman–Crippen LogP) is 5.29. The van der Waals surface area contributed by atoms with Crippen molar-refractivity contribution in [1.82, 2.24) is 0 Å². The minimum Gasteiger partial charge on any atom is -0.501 e. The molecule has 4 aliphatic rings. The first-order valence-electron chi connectivity index (χ1n) is 9.86. The highest BCUT2D eigenvalue weighted by atomic mass is 16.5. The van der Waals surface area contributed by atoms with Crippen LogP contribution in [0.5, 0.6) is 0 Å². The molecule has 0 heterocycles. The molecule has 0 spiro atoms. The molecule has 4 aliphatic carbocycles. The molecule has 2 nitrogen and oxygen atoms in total. The first kappa shape index (κ1) is 16.4. The molecular weight excluding hydrogens is 296 g/mol. The molecule has 0 saturated heterocycles. The summed E-state index contributed by atoms with van der Waals surface area (Å²) in [6.45, 7) is 6.75. The topological polar surface area (TPSA) is 26.3 Å². The van der Waals surface area contributed by atoms with E-state index in [0.29, 0.717) is 17.1 Å². The van der Waals surface area contributed by atoms with Crippen molar-refractivity contribution in [1.29, 1.82) is 0 Å². The number of carbonyl (C=O) groups is 1. The van der Waals surface area contributed by atoms with Crippen LogP contribution in [0.25, 0.3) is 0 Å². The molecule has 132 valence electrons. The second kappa shape index (κ2) is 5.47. The monoisotopic (exact) mass is 328 g/mol. The Bertz CT molecular complexity index is 615. The lowest BCUT2D eigenvalue weighted by Gasteiger charge is -2.56. The number of carbonyl (C=O) groups excluding carboxylic acids is 1. The summed E-state index contributed by atoms with van der Waals surface area (Å²) in [4.78, 5) is 12.2. The SMILES string of the molecule is COC1=CC2=CCC3C(CC[C@@]4(C)C3CC[C@@H]4C(C)=O)[C@@]2(C)CC1. The quantitative estimate of drug-likeness (QED) is 0.688. The zero-order valence-electron chi connectivity index (χ0n) is 15.7. The van der Waals surface area contributed by atoms with Crippen molar-refractivity contribution < 1.29 is 9.53 Å². The second-order valence-electron chi connectivity index (χ2n) is 9.29. The zero-order chi connectivity index (χ0) is 17.1. The van der Waals surface area contributed by atoms with Crippen LogP contribution >= 0.6 is 0 Å². The number of rotatable bonds is 2. The lowest BCUT2D eigenvalue weighted by molar-refractivity contribution is -0.127. The lowest BCUT2D eigenvalue weighted by Crippen LogP contribution is -2.49. The third-order valence-corrected chi connectivity index (χ3v) is 8.49. The van der Waals surface area contributed by atoms with Gasteiger partial charge in [0, 0.05) is 12.3 Å². The molecule has 0 radical (unpaired) electrons. The van der Waals surface area contributed by atoms with Gasteiger partial charge in [0.25, 0.3) is 0 Å². The van der Waals surface area contributed by atoms with Gasteiger partial charge in [-0.15, -0.1) is 0 Å². The third-order valence-electron chi connectivity index (χ3n) is 8.49. The Kier molecular flexibility index (Phi) is 3.75. The number of hydrogen-bond donors (Lipinski definition) is 0. The Balaban J connectivity index is 1.68. The fourth-order valence-corrected chi connectivity index (χ4v) is 7.13. The number of fused-ring (bicyclic) bond motifs is 5. The molecule has 2 heteroatoms. The van der Waals surface area contributed by atoms with E-state index in [4.69, 9.17) is 4.74 Å². The molecule has 6 atom stereocenters. The smallest absolute Gasteiger partial charge is 0.133 e. The van der Waals surface area contributed by atoms with E-state index in [1.165, 1.54) is 37.7 Å². The minimum atomic E-state index is 0.261. The number of ketones is 1. The Morgan fingerprint density at radius 2 is 1.96 bits per heavy atom. The molecule has 4 rings (SSSR count). The summed E-state index contributed by atoms with van der Waals surface area (Å²) in [6, 6.07) is 0. The first-order chi connectivity index (χ1) is 11.4. The molecule has 24 heavy (non-hydrogen) atoms. The van der Waals surface area contributed by atoms with Crippen LogP contribution in [-0.4, -0.2) is 12.9 Å². The summed E-state index contributed by atoms with van der Waals surface area (Å²) in [5.41, 5.74) is 2.11. The number of ether oxygens (including phenoxy) is 1. The van der Waals surface area contributed by atoms with Crippen LogP contribution < -0.4 is 0 Å². The van der Waals surface area contributed by atoms with E-state index in [1.54, 1.807) is 7.11 Å². The van der Waals surface area contributed by atoms with Gasteiger partial charge < -0.3 is 4.74 Å². The van der Waals surface area contributed by atoms with Gasteiger partial charge >= 0.3 is 0 Å². The molecule has 0 aliphatic heterocycles. The highest BCUT2D eigenvalue weighted by Gasteiger charge is 2.58. The standard InChI is InChI=1S/C22H32O2/c1-14(23)18-7-8-19-17-6-5-15-13-16(24-4)9-11-21(15,2)20(17)10-12-22(18,19)3/h5,13,17-20H,6-12H2,1-4H3/t17?,18-,19?,20?,21+,22-/m1/s1. The maximum Gasteiger partial charge on any atom is 0.133 e. The van der Waals surface area contributed by atoms with E-state index in [0.717, 1.165) is 36.4 Å². The van der Waals surface area contributed by atoms with Crippen LogP contribution in [0.4, 0.5) is 0 Å². The Morgan fingerprint density at radius 3 is 2.67 bits per heavy atom. The largest absolute Gasteiger partial charge is 0.501 e. The van der Waals surface area contributed by atoms with Crippen molar-refractivity contribution in [2.24, 2.45) is 34.5 Å². The predicted molar refractivity (Wildman–Crippen MR) is 96.3 cm³/mol. The lowest BCUT2D eigenvalue weighted by atomic mass is 9.48. The zero-order valence-corrected chi connectivity index (χ0v) is 15.7. The van der Waals surface area contributed by atoms with E-state index < -0.39 is 0 Å². The maximum atomic E-state index is 12.2. The number of allylic oxidation sites excluding steroid dienone is 4. The van der Waals surface area contributed by atoms with Crippen molar-refractivity contribution >= 4 is 5.78 Å². The Morgan fingerprint density at radius 1 is 1.17 bits per heavy atom. The van der Waals surface area contributed by atoms with Crippen molar-refractivity contribution in [3.8, 4) is 0 Å². The molecule has 0 aromatic heterocycles. The number of methoxy groups -OCH3 is 1. The van der Waals surface area contributed by atoms with Crippen molar-refractivity contribution in [3.63, 3.8) is 0 Å². The summed E-state index contributed by atoms with van der Waals surface area (Å²) < 4.78 is 5.53. The maximum absolute atomic E-state index is 12.2. The second-order valence-corrected chi connectivity index (χ2v) is 9.29. The Labute approximate surface area is 146 Å². The van der Waals surface area contributed by atoms with Crippen molar-refractivity contribution in [2.75, 3.05) is 7.11 Å². The summed E-state index contributed by atoms with van der Waals surface area (Å²) >= 11 is 0. The van der Waals surface area contributed by atoms with Crippen molar-refractivity contribution in [2.45, 2.75) is 65.7 Å². The highest BCUT2D eigenvalue weighted by molar-refractivity contribution is 5.79. The van der Waals surface area contributed by atoms with Gasteiger partial charge in [-0.1, -0.05) is 19.9 Å². The first-order valence-corrected chi connectivity index (χ1v) is 9.86. The van der Waals surface area contributed by atoms with Gasteiger partial charge in [0.15, 0.2) is 0 Å². The fraction of sp³-hybridized carbons (Fsp3) is 0.773. The molecule has 2 fully saturated rings. The van der Waals surface area contributed by atoms with Gasteiger partial charge in [-0.05, 0) is 85.7 Å². The highest BCUT2D eigenvalue weighted by Crippen LogP contribution is 2.66. The van der Waals surface area contributed by atoms with Crippen LogP contribution in [-0.2, 0) is 9.53 Å². The van der Waals surface area contributed by atoms with Crippen LogP contribution in [0.2, 0.25) is 0 Å². The molecule has 0 aromatic rings. The molecule has 0 amide bonds. The van der Waals surface area contributed by atoms with Gasteiger partial charge in [-0.3, -0.25) is 4.79 Å². The number of Topliss-reactive ketones (excluding diaryl/α,β-unsaturated/α-hetero) is 1. The number of hydrogen-bond acceptors (Lipinski definition) is 2. The van der Waals surface area contributed by atoms with Crippen LogP contribution in [0, 0.1) is 34.5 Å². The average molecular weight is 328 g/mol. The van der Waals surface area contributed by atoms with E-state index >= 15 is 0 Å². The third kappa shape index (κ3) is 2.10. The van der Waals surface area contributed by atoms with Gasteiger partial charge in [-0.25, -0.2) is 0 Å². The summed E-state index contributed by atoms with van der Waals surface area (Å²) in [5.74, 6) is 4.20. The van der Waals surface area contributed by atoms with Crippen LogP contribution in [0.15, 0.2) is 23.5 Å². The van der Waals surface area contributed by atoms with E-state index in [-0.39, 0.29) is 5.41 Å². The molecular formula is C22H32O2. The minimum absolute atomic E-state index is 0.261. The average Bonchev–Trinajstić information content (AvgIpc) is 2.91. The summed E-state index contributed by atoms with van der Waals surface area (Å²) in [7, 11) is 1.80. The van der Waals surface area contributed by atoms with E-state index in [1.807, 2.05) is 6.92 Å². The molecule has 2 saturated carbocycles. The molecule has 0 bridgehead atoms. The van der Waals surface area contributed by atoms with Crippen LogP contribution in [0.1, 0.15) is 65.7 Å². The fourth-order valence-electron chi connectivity index (χ4n) is 7.13. The molecule has 0 N–H and O–H groups in total. The van der Waals surface area contributed by atoms with E-state index in [9.17, 15) is 4.79 Å².